The Bertz CT molecular complexity index is 412. The number of anilines is 1. The molecule has 18 heavy (non-hydrogen) atoms. The van der Waals surface area contributed by atoms with Gasteiger partial charge in [0, 0.05) is 25.3 Å². The van der Waals surface area contributed by atoms with Gasteiger partial charge in [0.25, 0.3) is 0 Å². The van der Waals surface area contributed by atoms with Gasteiger partial charge in [-0.3, -0.25) is 0 Å². The van der Waals surface area contributed by atoms with Gasteiger partial charge in [-0.1, -0.05) is 32.9 Å². The van der Waals surface area contributed by atoms with Gasteiger partial charge in [0.1, 0.15) is 0 Å². The van der Waals surface area contributed by atoms with Gasteiger partial charge in [0.05, 0.1) is 0 Å². The maximum absolute atomic E-state index is 3.44. The Balaban J connectivity index is 2.24. The molecule has 0 aliphatic carbocycles. The molecule has 0 saturated carbocycles. The van der Waals surface area contributed by atoms with Gasteiger partial charge in [0.2, 0.25) is 0 Å². The van der Waals surface area contributed by atoms with Crippen LogP contribution < -0.4 is 10.2 Å². The first-order valence-electron chi connectivity index (χ1n) is 6.94. The van der Waals surface area contributed by atoms with E-state index in [9.17, 15) is 0 Å². The third-order valence-corrected chi connectivity index (χ3v) is 4.02. The molecule has 1 atom stereocenters. The maximum Gasteiger partial charge on any atom is 0.0423 e. The van der Waals surface area contributed by atoms with Crippen molar-refractivity contribution < 1.29 is 0 Å². The highest BCUT2D eigenvalue weighted by Crippen LogP contribution is 2.29. The van der Waals surface area contributed by atoms with Crippen LogP contribution in [0.4, 0.5) is 5.69 Å². The summed E-state index contributed by atoms with van der Waals surface area (Å²) >= 11 is 0. The maximum atomic E-state index is 3.44. The molecule has 1 aliphatic heterocycles. The van der Waals surface area contributed by atoms with Crippen molar-refractivity contribution in [3.8, 4) is 0 Å². The average molecular weight is 246 g/mol. The Kier molecular flexibility index (Phi) is 3.67. The fraction of sp³-hybridized carbons (Fsp3) is 0.625. The van der Waals surface area contributed by atoms with E-state index in [0.29, 0.717) is 6.04 Å². The van der Waals surface area contributed by atoms with E-state index >= 15 is 0 Å². The van der Waals surface area contributed by atoms with Crippen LogP contribution in [-0.4, -0.2) is 26.2 Å². The van der Waals surface area contributed by atoms with E-state index < -0.39 is 0 Å². The van der Waals surface area contributed by atoms with Crippen molar-refractivity contribution in [3.63, 3.8) is 0 Å². The summed E-state index contributed by atoms with van der Waals surface area (Å²) in [5.41, 5.74) is 4.41. The summed E-state index contributed by atoms with van der Waals surface area (Å²) in [6, 6.07) is 7.55. The van der Waals surface area contributed by atoms with Crippen LogP contribution in [0.25, 0.3) is 0 Å². The summed E-state index contributed by atoms with van der Waals surface area (Å²) in [6.45, 7) is 11.3. The van der Waals surface area contributed by atoms with E-state index in [1.165, 1.54) is 23.2 Å². The van der Waals surface area contributed by atoms with Gasteiger partial charge in [-0.25, -0.2) is 0 Å². The predicted molar refractivity (Wildman–Crippen MR) is 79.6 cm³/mol. The van der Waals surface area contributed by atoms with Gasteiger partial charge in [-0.2, -0.15) is 0 Å². The summed E-state index contributed by atoms with van der Waals surface area (Å²) in [5, 5.41) is 3.44. The van der Waals surface area contributed by atoms with Crippen LogP contribution in [0.3, 0.4) is 0 Å². The number of hydrogen-bond acceptors (Lipinski definition) is 2. The average Bonchev–Trinajstić information content (AvgIpc) is 2.80. The SMILES string of the molecule is Cc1cc(C(C)(C)C)ccc1N(C)C1CCNC1. The van der Waals surface area contributed by atoms with Gasteiger partial charge in [-0.15, -0.1) is 0 Å². The lowest BCUT2D eigenvalue weighted by molar-refractivity contribution is 0.589. The zero-order valence-electron chi connectivity index (χ0n) is 12.4. The first-order chi connectivity index (χ1) is 8.39. The molecular weight excluding hydrogens is 220 g/mol. The lowest BCUT2D eigenvalue weighted by atomic mass is 9.86. The molecule has 1 N–H and O–H groups in total. The summed E-state index contributed by atoms with van der Waals surface area (Å²) < 4.78 is 0. The number of benzene rings is 1. The summed E-state index contributed by atoms with van der Waals surface area (Å²) in [4.78, 5) is 2.43. The standard InChI is InChI=1S/C16H26N2/c1-12-10-13(16(2,3)4)6-7-15(12)18(5)14-8-9-17-11-14/h6-7,10,14,17H,8-9,11H2,1-5H3. The largest absolute Gasteiger partial charge is 0.370 e. The smallest absolute Gasteiger partial charge is 0.0423 e. The minimum atomic E-state index is 0.233. The van der Waals surface area contributed by atoms with E-state index in [4.69, 9.17) is 0 Å². The van der Waals surface area contributed by atoms with E-state index in [2.05, 4.69) is 63.2 Å². The lowest BCUT2D eigenvalue weighted by Gasteiger charge is -2.29. The first-order valence-corrected chi connectivity index (χ1v) is 6.94. The van der Waals surface area contributed by atoms with Crippen molar-refractivity contribution in [1.29, 1.82) is 0 Å². The Labute approximate surface area is 111 Å². The number of hydrogen-bond donors (Lipinski definition) is 1. The normalized spacial score (nSPS) is 20.2. The van der Waals surface area contributed by atoms with E-state index in [1.54, 1.807) is 0 Å². The van der Waals surface area contributed by atoms with Crippen molar-refractivity contribution in [1.82, 2.24) is 5.32 Å². The van der Waals surface area contributed by atoms with Crippen molar-refractivity contribution in [2.45, 2.75) is 45.6 Å². The highest BCUT2D eigenvalue weighted by atomic mass is 15.2. The monoisotopic (exact) mass is 246 g/mol. The molecule has 100 valence electrons. The molecule has 1 unspecified atom stereocenters. The molecule has 1 fully saturated rings. The molecule has 2 heteroatoms. The lowest BCUT2D eigenvalue weighted by Crippen LogP contribution is -2.33. The second kappa shape index (κ2) is 4.93. The Morgan fingerprint density at radius 1 is 1.28 bits per heavy atom. The molecule has 0 spiro atoms. The Morgan fingerprint density at radius 3 is 2.50 bits per heavy atom. The Hall–Kier alpha value is -1.02. The molecule has 1 aromatic rings. The quantitative estimate of drug-likeness (QED) is 0.862. The zero-order valence-corrected chi connectivity index (χ0v) is 12.4. The van der Waals surface area contributed by atoms with Gasteiger partial charge in [-0.05, 0) is 42.5 Å². The number of nitrogens with one attached hydrogen (secondary N) is 1. The van der Waals surface area contributed by atoms with Crippen molar-refractivity contribution in [3.05, 3.63) is 29.3 Å². The topological polar surface area (TPSA) is 15.3 Å². The fourth-order valence-electron chi connectivity index (χ4n) is 2.68. The molecule has 1 aliphatic rings. The van der Waals surface area contributed by atoms with Gasteiger partial charge in [0.15, 0.2) is 0 Å². The second-order valence-corrected chi connectivity index (χ2v) is 6.51. The second-order valence-electron chi connectivity index (χ2n) is 6.51. The minimum absolute atomic E-state index is 0.233. The first kappa shape index (κ1) is 13.4. The molecule has 0 amide bonds. The summed E-state index contributed by atoms with van der Waals surface area (Å²) in [6.07, 6.45) is 1.25. The third kappa shape index (κ3) is 2.69. The minimum Gasteiger partial charge on any atom is -0.370 e. The fourth-order valence-corrected chi connectivity index (χ4v) is 2.68. The molecule has 1 aromatic carbocycles. The van der Waals surface area contributed by atoms with Gasteiger partial charge >= 0.3 is 0 Å². The number of likely N-dealkylation sites (N-methyl/N-ethyl adjacent to an activating group) is 1. The molecule has 0 bridgehead atoms. The van der Waals surface area contributed by atoms with Crippen LogP contribution in [0.2, 0.25) is 0 Å². The van der Waals surface area contributed by atoms with Crippen LogP contribution in [0.15, 0.2) is 18.2 Å². The van der Waals surface area contributed by atoms with Crippen LogP contribution in [0, 0.1) is 6.92 Å². The highest BCUT2D eigenvalue weighted by Gasteiger charge is 2.21. The van der Waals surface area contributed by atoms with Crippen molar-refractivity contribution in [2.24, 2.45) is 0 Å². The van der Waals surface area contributed by atoms with Gasteiger partial charge < -0.3 is 10.2 Å². The van der Waals surface area contributed by atoms with Crippen LogP contribution in [0.5, 0.6) is 0 Å². The molecular formula is C16H26N2. The summed E-state index contributed by atoms with van der Waals surface area (Å²) in [5.74, 6) is 0. The van der Waals surface area contributed by atoms with Crippen molar-refractivity contribution in [2.75, 3.05) is 25.0 Å². The molecule has 2 rings (SSSR count). The number of aryl methyl sites for hydroxylation is 1. The molecule has 1 saturated heterocycles. The van der Waals surface area contributed by atoms with Crippen LogP contribution >= 0.6 is 0 Å². The van der Waals surface area contributed by atoms with E-state index in [0.717, 1.165) is 13.1 Å². The summed E-state index contributed by atoms with van der Waals surface area (Å²) in [7, 11) is 2.22. The van der Waals surface area contributed by atoms with Crippen LogP contribution in [0.1, 0.15) is 38.3 Å². The van der Waals surface area contributed by atoms with E-state index in [1.807, 2.05) is 0 Å². The third-order valence-electron chi connectivity index (χ3n) is 4.02. The Morgan fingerprint density at radius 2 is 2.00 bits per heavy atom. The van der Waals surface area contributed by atoms with Crippen LogP contribution in [-0.2, 0) is 5.41 Å². The predicted octanol–water partition coefficient (Wildman–Crippen LogP) is 3.09. The molecule has 0 aromatic heterocycles. The van der Waals surface area contributed by atoms with Crippen molar-refractivity contribution >= 4 is 5.69 Å². The zero-order chi connectivity index (χ0) is 13.3. The molecule has 2 nitrogen and oxygen atoms in total. The number of rotatable bonds is 2. The van der Waals surface area contributed by atoms with E-state index in [-0.39, 0.29) is 5.41 Å². The molecule has 0 radical (unpaired) electrons. The molecule has 1 heterocycles. The number of nitrogens with zero attached hydrogens (tertiary/aromatic N) is 1. The highest BCUT2D eigenvalue weighted by molar-refractivity contribution is 5.55.